The van der Waals surface area contributed by atoms with Crippen molar-refractivity contribution in [3.63, 3.8) is 0 Å². The second-order valence-corrected chi connectivity index (χ2v) is 6.59. The molecule has 2 aromatic rings. The highest BCUT2D eigenvalue weighted by molar-refractivity contribution is 5.91. The lowest BCUT2D eigenvalue weighted by atomic mass is 9.92. The summed E-state index contributed by atoms with van der Waals surface area (Å²) in [7, 11) is 0. The first-order chi connectivity index (χ1) is 12.5. The molecule has 3 rings (SSSR count). The van der Waals surface area contributed by atoms with E-state index in [9.17, 15) is 9.59 Å². The molecular formula is C18H23N5O3. The van der Waals surface area contributed by atoms with Crippen LogP contribution in [0.5, 0.6) is 0 Å². The van der Waals surface area contributed by atoms with Crippen LogP contribution in [0.2, 0.25) is 0 Å². The van der Waals surface area contributed by atoms with Gasteiger partial charge in [0.1, 0.15) is 6.26 Å². The quantitative estimate of drug-likeness (QED) is 0.870. The number of rotatable bonds is 5. The minimum Gasteiger partial charge on any atom is -0.448 e. The minimum absolute atomic E-state index is 0.149. The van der Waals surface area contributed by atoms with Crippen LogP contribution in [0.15, 0.2) is 23.1 Å². The smallest absolute Gasteiger partial charge is 0.273 e. The van der Waals surface area contributed by atoms with Crippen LogP contribution in [0, 0.1) is 12.8 Å². The fourth-order valence-electron chi connectivity index (χ4n) is 3.06. The van der Waals surface area contributed by atoms with Gasteiger partial charge in [0.2, 0.25) is 5.91 Å². The van der Waals surface area contributed by atoms with Crippen molar-refractivity contribution < 1.29 is 14.0 Å². The highest BCUT2D eigenvalue weighted by atomic mass is 16.3. The Morgan fingerprint density at radius 2 is 1.92 bits per heavy atom. The van der Waals surface area contributed by atoms with Crippen molar-refractivity contribution in [3.05, 3.63) is 41.6 Å². The Labute approximate surface area is 152 Å². The van der Waals surface area contributed by atoms with E-state index in [2.05, 4.69) is 20.3 Å². The molecular weight excluding hydrogens is 334 g/mol. The van der Waals surface area contributed by atoms with E-state index >= 15 is 0 Å². The van der Waals surface area contributed by atoms with Gasteiger partial charge in [0, 0.05) is 33.1 Å². The van der Waals surface area contributed by atoms with Crippen LogP contribution >= 0.6 is 0 Å². The minimum atomic E-state index is -0.301. The van der Waals surface area contributed by atoms with Gasteiger partial charge in [0.15, 0.2) is 11.6 Å². The lowest BCUT2D eigenvalue weighted by molar-refractivity contribution is -0.130. The topological polar surface area (TPSA) is 101 Å². The Morgan fingerprint density at radius 1 is 1.23 bits per heavy atom. The molecule has 0 radical (unpaired) electrons. The van der Waals surface area contributed by atoms with Crippen LogP contribution in [-0.2, 0) is 17.8 Å². The Balaban J connectivity index is 1.46. The van der Waals surface area contributed by atoms with Crippen molar-refractivity contribution in [3.8, 4) is 0 Å². The molecule has 1 aliphatic rings. The summed E-state index contributed by atoms with van der Waals surface area (Å²) in [4.78, 5) is 38.0. The van der Waals surface area contributed by atoms with Gasteiger partial charge in [0.25, 0.3) is 5.91 Å². The fourth-order valence-corrected chi connectivity index (χ4v) is 3.06. The number of nitrogens with one attached hydrogen (secondary N) is 1. The average Bonchev–Trinajstić information content (AvgIpc) is 3.08. The molecule has 0 aromatic carbocycles. The van der Waals surface area contributed by atoms with Crippen LogP contribution in [0.3, 0.4) is 0 Å². The molecule has 1 saturated heterocycles. The van der Waals surface area contributed by atoms with Gasteiger partial charge in [-0.15, -0.1) is 0 Å². The summed E-state index contributed by atoms with van der Waals surface area (Å²) in [6.07, 6.45) is 7.64. The maximum absolute atomic E-state index is 11.9. The van der Waals surface area contributed by atoms with E-state index in [1.165, 1.54) is 6.26 Å². The monoisotopic (exact) mass is 357 g/mol. The third-order valence-electron chi connectivity index (χ3n) is 4.60. The third-order valence-corrected chi connectivity index (χ3v) is 4.60. The molecule has 0 saturated carbocycles. The van der Waals surface area contributed by atoms with E-state index in [0.717, 1.165) is 38.0 Å². The molecule has 26 heavy (non-hydrogen) atoms. The Bertz CT molecular complexity index is 763. The molecule has 1 N–H and O–H groups in total. The lowest BCUT2D eigenvalue weighted by Crippen LogP contribution is -2.37. The zero-order valence-electron chi connectivity index (χ0n) is 15.1. The SMILES string of the molecule is CC(=O)N1CCC(Cc2cnc(CNC(=O)c3coc(C)n3)cn2)CC1. The van der Waals surface area contributed by atoms with Gasteiger partial charge in [-0.25, -0.2) is 4.98 Å². The number of carbonyl (C=O) groups excluding carboxylic acids is 2. The standard InChI is InChI=1S/C18H23N5O3/c1-12-22-17(11-26-12)18(25)21-10-16-9-19-15(8-20-16)7-14-3-5-23(6-4-14)13(2)24/h8-9,11,14H,3-7,10H2,1-2H3,(H,21,25). The highest BCUT2D eigenvalue weighted by Gasteiger charge is 2.21. The molecule has 1 fully saturated rings. The van der Waals surface area contributed by atoms with Crippen molar-refractivity contribution in [2.45, 2.75) is 39.7 Å². The van der Waals surface area contributed by atoms with Gasteiger partial charge in [0.05, 0.1) is 24.1 Å². The summed E-state index contributed by atoms with van der Waals surface area (Å²) >= 11 is 0. The molecule has 0 unspecified atom stereocenters. The first-order valence-electron chi connectivity index (χ1n) is 8.77. The molecule has 2 aromatic heterocycles. The third kappa shape index (κ3) is 4.65. The lowest BCUT2D eigenvalue weighted by Gasteiger charge is -2.31. The number of oxazole rings is 1. The summed E-state index contributed by atoms with van der Waals surface area (Å²) in [5, 5.41) is 2.74. The number of amides is 2. The highest BCUT2D eigenvalue weighted by Crippen LogP contribution is 2.20. The van der Waals surface area contributed by atoms with Gasteiger partial charge in [-0.05, 0) is 25.2 Å². The molecule has 2 amide bonds. The zero-order valence-corrected chi connectivity index (χ0v) is 15.1. The summed E-state index contributed by atoms with van der Waals surface area (Å²) in [5.41, 5.74) is 1.88. The summed E-state index contributed by atoms with van der Waals surface area (Å²) in [6, 6.07) is 0. The van der Waals surface area contributed by atoms with Crippen LogP contribution < -0.4 is 5.32 Å². The number of aryl methyl sites for hydroxylation is 1. The van der Waals surface area contributed by atoms with Crippen LogP contribution in [0.25, 0.3) is 0 Å². The van der Waals surface area contributed by atoms with Crippen LogP contribution in [-0.4, -0.2) is 44.8 Å². The van der Waals surface area contributed by atoms with E-state index in [1.807, 2.05) is 4.90 Å². The predicted octanol–water partition coefficient (Wildman–Crippen LogP) is 1.50. The summed E-state index contributed by atoms with van der Waals surface area (Å²) in [5.74, 6) is 0.828. The van der Waals surface area contributed by atoms with E-state index in [0.29, 0.717) is 17.5 Å². The van der Waals surface area contributed by atoms with E-state index in [4.69, 9.17) is 4.42 Å². The number of nitrogens with zero attached hydrogens (tertiary/aromatic N) is 4. The maximum atomic E-state index is 11.9. The molecule has 8 nitrogen and oxygen atoms in total. The van der Waals surface area contributed by atoms with Gasteiger partial charge in [-0.3, -0.25) is 19.6 Å². The predicted molar refractivity (Wildman–Crippen MR) is 93.1 cm³/mol. The van der Waals surface area contributed by atoms with Gasteiger partial charge in [-0.1, -0.05) is 0 Å². The van der Waals surface area contributed by atoms with Gasteiger partial charge >= 0.3 is 0 Å². The molecule has 138 valence electrons. The zero-order chi connectivity index (χ0) is 18.5. The van der Waals surface area contributed by atoms with Crippen LogP contribution in [0.4, 0.5) is 0 Å². The van der Waals surface area contributed by atoms with Crippen molar-refractivity contribution in [1.82, 2.24) is 25.2 Å². The van der Waals surface area contributed by atoms with E-state index < -0.39 is 0 Å². The number of hydrogen-bond acceptors (Lipinski definition) is 6. The largest absolute Gasteiger partial charge is 0.448 e. The first-order valence-corrected chi connectivity index (χ1v) is 8.77. The van der Waals surface area contributed by atoms with E-state index in [-0.39, 0.29) is 24.1 Å². The average molecular weight is 357 g/mol. The fraction of sp³-hybridized carbons (Fsp3) is 0.500. The number of piperidine rings is 1. The molecule has 0 aliphatic carbocycles. The normalized spacial score (nSPS) is 15.1. The number of likely N-dealkylation sites (tertiary alicyclic amines) is 1. The van der Waals surface area contributed by atoms with Crippen molar-refractivity contribution >= 4 is 11.8 Å². The van der Waals surface area contributed by atoms with Crippen LogP contribution in [0.1, 0.15) is 47.5 Å². The van der Waals surface area contributed by atoms with Gasteiger partial charge in [-0.2, -0.15) is 0 Å². The van der Waals surface area contributed by atoms with Gasteiger partial charge < -0.3 is 14.6 Å². The second kappa shape index (κ2) is 8.07. The molecule has 0 atom stereocenters. The number of hydrogen-bond donors (Lipinski definition) is 1. The second-order valence-electron chi connectivity index (χ2n) is 6.59. The Hall–Kier alpha value is -2.77. The molecule has 0 spiro atoms. The number of carbonyl (C=O) groups is 2. The Kier molecular flexibility index (Phi) is 5.60. The molecule has 1 aliphatic heterocycles. The van der Waals surface area contributed by atoms with E-state index in [1.54, 1.807) is 26.2 Å². The van der Waals surface area contributed by atoms with Crippen molar-refractivity contribution in [2.75, 3.05) is 13.1 Å². The Morgan fingerprint density at radius 3 is 2.50 bits per heavy atom. The molecule has 0 bridgehead atoms. The van der Waals surface area contributed by atoms with Crippen molar-refractivity contribution in [1.29, 1.82) is 0 Å². The molecule has 8 heteroatoms. The van der Waals surface area contributed by atoms with Crippen molar-refractivity contribution in [2.24, 2.45) is 5.92 Å². The summed E-state index contributed by atoms with van der Waals surface area (Å²) in [6.45, 7) is 5.23. The summed E-state index contributed by atoms with van der Waals surface area (Å²) < 4.78 is 5.02. The first kappa shape index (κ1) is 18.0. The number of aromatic nitrogens is 3. The molecule has 3 heterocycles. The maximum Gasteiger partial charge on any atom is 0.273 e.